The van der Waals surface area contributed by atoms with Crippen molar-refractivity contribution in [3.8, 4) is 11.4 Å². The molecule has 0 aliphatic carbocycles. The van der Waals surface area contributed by atoms with Gasteiger partial charge in [-0.15, -0.1) is 0 Å². The predicted octanol–water partition coefficient (Wildman–Crippen LogP) is 3.87. The minimum absolute atomic E-state index is 0.594. The first-order valence-corrected chi connectivity index (χ1v) is 9.09. The number of likely N-dealkylation sites (tertiary alicyclic amines) is 1. The van der Waals surface area contributed by atoms with Crippen LogP contribution in [0.15, 0.2) is 59.1 Å². The summed E-state index contributed by atoms with van der Waals surface area (Å²) in [4.78, 5) is 6.71. The van der Waals surface area contributed by atoms with Gasteiger partial charge in [-0.25, -0.2) is 0 Å². The monoisotopic (exact) mass is 369 g/mol. The summed E-state index contributed by atoms with van der Waals surface area (Å²) in [5.41, 5.74) is 1.06. The molecule has 1 saturated heterocycles. The quantitative estimate of drug-likeness (QED) is 0.756. The molecule has 1 N–H and O–H groups in total. The van der Waals surface area contributed by atoms with Crippen LogP contribution < -0.4 is 0 Å². The number of aromatic nitrogens is 2. The smallest absolute Gasteiger partial charge is 0.241 e. The Labute approximate surface area is 157 Å². The Morgan fingerprint density at radius 1 is 1.04 bits per heavy atom. The van der Waals surface area contributed by atoms with Gasteiger partial charge in [-0.05, 0) is 30.5 Å². The highest BCUT2D eigenvalue weighted by Crippen LogP contribution is 2.33. The maximum absolute atomic E-state index is 10.9. The van der Waals surface area contributed by atoms with E-state index in [1.165, 1.54) is 0 Å². The van der Waals surface area contributed by atoms with E-state index in [9.17, 15) is 5.11 Å². The maximum atomic E-state index is 10.9. The van der Waals surface area contributed by atoms with Crippen LogP contribution >= 0.6 is 11.6 Å². The average molecular weight is 370 g/mol. The number of rotatable bonds is 4. The topological polar surface area (TPSA) is 62.4 Å². The van der Waals surface area contributed by atoms with Gasteiger partial charge in [-0.1, -0.05) is 59.2 Å². The van der Waals surface area contributed by atoms with Gasteiger partial charge in [0.25, 0.3) is 0 Å². The van der Waals surface area contributed by atoms with Crippen molar-refractivity contribution in [3.05, 3.63) is 71.1 Å². The minimum atomic E-state index is -0.800. The van der Waals surface area contributed by atoms with Gasteiger partial charge in [-0.2, -0.15) is 4.98 Å². The number of benzene rings is 2. The average Bonchev–Trinajstić information content (AvgIpc) is 3.14. The zero-order chi connectivity index (χ0) is 18.0. The molecule has 1 fully saturated rings. The first-order valence-electron chi connectivity index (χ1n) is 8.71. The molecule has 3 aromatic rings. The van der Waals surface area contributed by atoms with E-state index in [0.717, 1.165) is 24.2 Å². The lowest BCUT2D eigenvalue weighted by Crippen LogP contribution is -2.42. The number of halogens is 1. The summed E-state index contributed by atoms with van der Waals surface area (Å²) in [7, 11) is 0. The minimum Gasteiger partial charge on any atom is -0.385 e. The number of aliphatic hydroxyl groups is 1. The molecule has 2 heterocycles. The summed E-state index contributed by atoms with van der Waals surface area (Å²) in [5.74, 6) is 1.20. The highest BCUT2D eigenvalue weighted by molar-refractivity contribution is 6.30. The van der Waals surface area contributed by atoms with Crippen LogP contribution in [0, 0.1) is 0 Å². The summed E-state index contributed by atoms with van der Waals surface area (Å²) >= 11 is 5.94. The normalized spacial score (nSPS) is 17.3. The van der Waals surface area contributed by atoms with Crippen LogP contribution in [0.5, 0.6) is 0 Å². The molecular formula is C20H20ClN3O2. The van der Waals surface area contributed by atoms with Crippen LogP contribution in [-0.4, -0.2) is 33.2 Å². The predicted molar refractivity (Wildman–Crippen MR) is 99.6 cm³/mol. The fourth-order valence-corrected chi connectivity index (χ4v) is 3.47. The summed E-state index contributed by atoms with van der Waals surface area (Å²) in [6, 6.07) is 17.2. The lowest BCUT2D eigenvalue weighted by molar-refractivity contribution is -0.0295. The van der Waals surface area contributed by atoms with E-state index in [4.69, 9.17) is 16.1 Å². The molecule has 1 aliphatic heterocycles. The maximum Gasteiger partial charge on any atom is 0.241 e. The number of piperidine rings is 1. The van der Waals surface area contributed by atoms with Gasteiger partial charge in [0.05, 0.1) is 12.1 Å². The van der Waals surface area contributed by atoms with Gasteiger partial charge in [0.15, 0.2) is 0 Å². The highest BCUT2D eigenvalue weighted by Gasteiger charge is 2.34. The Morgan fingerprint density at radius 2 is 1.73 bits per heavy atom. The standard InChI is InChI=1S/C20H20ClN3O2/c21-17-8-6-16(7-9-17)20(25)10-12-24(13-11-20)14-18-22-19(23-26-18)15-4-2-1-3-5-15/h1-9,25H,10-14H2. The van der Waals surface area contributed by atoms with Crippen LogP contribution in [0.1, 0.15) is 24.3 Å². The molecule has 0 radical (unpaired) electrons. The molecule has 6 heteroatoms. The third kappa shape index (κ3) is 3.65. The summed E-state index contributed by atoms with van der Waals surface area (Å²) in [5, 5.41) is 15.7. The van der Waals surface area contributed by atoms with Crippen molar-refractivity contribution in [2.24, 2.45) is 0 Å². The van der Waals surface area contributed by atoms with Crippen LogP contribution in [0.4, 0.5) is 0 Å². The second-order valence-electron chi connectivity index (χ2n) is 6.69. The zero-order valence-electron chi connectivity index (χ0n) is 14.3. The Kier molecular flexibility index (Phi) is 4.76. The van der Waals surface area contributed by atoms with E-state index < -0.39 is 5.60 Å². The van der Waals surface area contributed by atoms with E-state index in [2.05, 4.69) is 15.0 Å². The Hall–Kier alpha value is -2.21. The van der Waals surface area contributed by atoms with Gasteiger partial charge < -0.3 is 9.63 Å². The third-order valence-corrected chi connectivity index (χ3v) is 5.18. The molecule has 1 aromatic heterocycles. The van der Waals surface area contributed by atoms with Crippen LogP contribution in [0.2, 0.25) is 5.02 Å². The molecule has 0 atom stereocenters. The van der Waals surface area contributed by atoms with Gasteiger partial charge in [-0.3, -0.25) is 4.90 Å². The SMILES string of the molecule is OC1(c2ccc(Cl)cc2)CCN(Cc2nc(-c3ccccc3)no2)CC1. The summed E-state index contributed by atoms with van der Waals surface area (Å²) in [6.45, 7) is 2.13. The summed E-state index contributed by atoms with van der Waals surface area (Å²) in [6.07, 6.45) is 1.32. The highest BCUT2D eigenvalue weighted by atomic mass is 35.5. The summed E-state index contributed by atoms with van der Waals surface area (Å²) < 4.78 is 5.39. The number of hydrogen-bond acceptors (Lipinski definition) is 5. The van der Waals surface area contributed by atoms with Crippen molar-refractivity contribution >= 4 is 11.6 Å². The van der Waals surface area contributed by atoms with Crippen molar-refractivity contribution in [2.75, 3.05) is 13.1 Å². The van der Waals surface area contributed by atoms with E-state index >= 15 is 0 Å². The van der Waals surface area contributed by atoms with Crippen molar-refractivity contribution in [2.45, 2.75) is 25.0 Å². The second kappa shape index (κ2) is 7.19. The van der Waals surface area contributed by atoms with E-state index in [1.807, 2.05) is 54.6 Å². The molecule has 2 aromatic carbocycles. The van der Waals surface area contributed by atoms with E-state index in [-0.39, 0.29) is 0 Å². The number of hydrogen-bond donors (Lipinski definition) is 1. The lowest BCUT2D eigenvalue weighted by atomic mass is 9.84. The van der Waals surface area contributed by atoms with Crippen LogP contribution in [0.3, 0.4) is 0 Å². The molecule has 0 spiro atoms. The molecule has 4 rings (SSSR count). The molecule has 1 aliphatic rings. The zero-order valence-corrected chi connectivity index (χ0v) is 15.1. The van der Waals surface area contributed by atoms with Gasteiger partial charge >= 0.3 is 0 Å². The third-order valence-electron chi connectivity index (χ3n) is 4.92. The Morgan fingerprint density at radius 3 is 2.42 bits per heavy atom. The van der Waals surface area contributed by atoms with Gasteiger partial charge in [0, 0.05) is 23.7 Å². The fraction of sp³-hybridized carbons (Fsp3) is 0.300. The van der Waals surface area contributed by atoms with Gasteiger partial charge in [0.1, 0.15) is 0 Å². The Bertz CT molecular complexity index is 856. The van der Waals surface area contributed by atoms with Crippen LogP contribution in [-0.2, 0) is 12.1 Å². The molecule has 134 valence electrons. The molecule has 0 saturated carbocycles. The lowest BCUT2D eigenvalue weighted by Gasteiger charge is -2.38. The first kappa shape index (κ1) is 17.2. The fourth-order valence-electron chi connectivity index (χ4n) is 3.34. The molecule has 5 nitrogen and oxygen atoms in total. The van der Waals surface area contributed by atoms with Crippen molar-refractivity contribution < 1.29 is 9.63 Å². The molecule has 26 heavy (non-hydrogen) atoms. The molecular weight excluding hydrogens is 350 g/mol. The van der Waals surface area contributed by atoms with Crippen molar-refractivity contribution in [1.29, 1.82) is 0 Å². The first-order chi connectivity index (χ1) is 12.6. The molecule has 0 bridgehead atoms. The largest absolute Gasteiger partial charge is 0.385 e. The van der Waals surface area contributed by atoms with Crippen molar-refractivity contribution in [3.63, 3.8) is 0 Å². The number of nitrogens with zero attached hydrogens (tertiary/aromatic N) is 3. The van der Waals surface area contributed by atoms with Crippen molar-refractivity contribution in [1.82, 2.24) is 15.0 Å². The second-order valence-corrected chi connectivity index (χ2v) is 7.13. The van der Waals surface area contributed by atoms with E-state index in [1.54, 1.807) is 0 Å². The van der Waals surface area contributed by atoms with E-state index in [0.29, 0.717) is 36.1 Å². The molecule has 0 amide bonds. The van der Waals surface area contributed by atoms with Gasteiger partial charge in [0.2, 0.25) is 11.7 Å². The van der Waals surface area contributed by atoms with Crippen LogP contribution in [0.25, 0.3) is 11.4 Å². The molecule has 0 unspecified atom stereocenters. The Balaban J connectivity index is 1.38.